The Balaban J connectivity index is 1.78. The average molecular weight is 303 g/mol. The fourth-order valence-electron chi connectivity index (χ4n) is 1.77. The van der Waals surface area contributed by atoms with Gasteiger partial charge in [-0.3, -0.25) is 4.98 Å². The number of anilines is 1. The van der Waals surface area contributed by atoms with Crippen LogP contribution in [0.15, 0.2) is 47.3 Å². The van der Waals surface area contributed by atoms with Crippen LogP contribution in [0, 0.1) is 0 Å². The lowest BCUT2D eigenvalue weighted by Gasteiger charge is -2.07. The molecular formula is C13H11BrN4. The summed E-state index contributed by atoms with van der Waals surface area (Å²) in [5.41, 5.74) is 2.93. The van der Waals surface area contributed by atoms with Gasteiger partial charge >= 0.3 is 0 Å². The van der Waals surface area contributed by atoms with Gasteiger partial charge in [-0.15, -0.1) is 0 Å². The molecule has 0 radical (unpaired) electrons. The first kappa shape index (κ1) is 11.2. The van der Waals surface area contributed by atoms with Crippen molar-refractivity contribution in [1.82, 2.24) is 15.0 Å². The van der Waals surface area contributed by atoms with Crippen molar-refractivity contribution in [3.8, 4) is 0 Å². The molecule has 0 saturated heterocycles. The molecule has 0 atom stereocenters. The maximum Gasteiger partial charge on any atom is 0.137 e. The molecule has 90 valence electrons. The van der Waals surface area contributed by atoms with Gasteiger partial charge in [0.15, 0.2) is 0 Å². The van der Waals surface area contributed by atoms with E-state index in [1.165, 1.54) is 0 Å². The van der Waals surface area contributed by atoms with Crippen LogP contribution in [0.3, 0.4) is 0 Å². The van der Waals surface area contributed by atoms with Crippen molar-refractivity contribution < 1.29 is 0 Å². The summed E-state index contributed by atoms with van der Waals surface area (Å²) >= 11 is 3.45. The molecular weight excluding hydrogens is 292 g/mol. The second-order valence-electron chi connectivity index (χ2n) is 3.93. The van der Waals surface area contributed by atoms with Crippen LogP contribution in [0.25, 0.3) is 11.0 Å². The third-order valence-electron chi connectivity index (χ3n) is 2.70. The zero-order valence-electron chi connectivity index (χ0n) is 9.52. The summed E-state index contributed by atoms with van der Waals surface area (Å²) in [7, 11) is 0. The van der Waals surface area contributed by atoms with Crippen molar-refractivity contribution in [2.75, 3.05) is 5.32 Å². The van der Waals surface area contributed by atoms with Crippen LogP contribution < -0.4 is 5.32 Å². The third-order valence-corrected chi connectivity index (χ3v) is 3.33. The Bertz CT molecular complexity index is 677. The monoisotopic (exact) mass is 302 g/mol. The molecule has 3 aromatic heterocycles. The lowest BCUT2D eigenvalue weighted by Crippen LogP contribution is -2.02. The average Bonchev–Trinajstić information content (AvgIpc) is 2.85. The Hall–Kier alpha value is -1.88. The lowest BCUT2D eigenvalue weighted by molar-refractivity contribution is 1.05. The van der Waals surface area contributed by atoms with Gasteiger partial charge in [0.2, 0.25) is 0 Å². The van der Waals surface area contributed by atoms with Gasteiger partial charge in [-0.1, -0.05) is 0 Å². The molecule has 0 aliphatic rings. The van der Waals surface area contributed by atoms with Crippen LogP contribution in [-0.2, 0) is 6.54 Å². The zero-order valence-corrected chi connectivity index (χ0v) is 11.1. The van der Waals surface area contributed by atoms with E-state index in [1.807, 2.05) is 24.4 Å². The van der Waals surface area contributed by atoms with Crippen molar-refractivity contribution in [2.24, 2.45) is 0 Å². The van der Waals surface area contributed by atoms with Crippen molar-refractivity contribution >= 4 is 32.7 Å². The number of fused-ring (bicyclic) bond motifs is 1. The fraction of sp³-hybridized carbons (Fsp3) is 0.0769. The molecule has 4 nitrogen and oxygen atoms in total. The summed E-state index contributed by atoms with van der Waals surface area (Å²) in [4.78, 5) is 11.7. The molecule has 18 heavy (non-hydrogen) atoms. The predicted octanol–water partition coefficient (Wildman–Crippen LogP) is 3.33. The molecule has 0 aromatic carbocycles. The number of aromatic nitrogens is 3. The molecule has 0 unspecified atom stereocenters. The van der Waals surface area contributed by atoms with Crippen LogP contribution in [0.2, 0.25) is 0 Å². The maximum absolute atomic E-state index is 4.53. The number of hydrogen-bond acceptors (Lipinski definition) is 3. The quantitative estimate of drug-likeness (QED) is 0.780. The Morgan fingerprint density at radius 1 is 1.22 bits per heavy atom. The standard InChI is InChI=1S/C13H11BrN4/c14-11-8-15-5-4-12(11)17-7-10-2-1-9-3-6-16-13(9)18-10/h1-6,8H,7H2,(H,15,17)(H,16,18). The number of hydrogen-bond donors (Lipinski definition) is 2. The molecule has 0 aliphatic carbocycles. The molecule has 0 amide bonds. The predicted molar refractivity (Wildman–Crippen MR) is 75.4 cm³/mol. The number of nitrogens with one attached hydrogen (secondary N) is 2. The van der Waals surface area contributed by atoms with Crippen LogP contribution in [0.5, 0.6) is 0 Å². The molecule has 0 saturated carbocycles. The van der Waals surface area contributed by atoms with E-state index in [0.717, 1.165) is 26.9 Å². The number of halogens is 1. The van der Waals surface area contributed by atoms with Gasteiger partial charge in [-0.05, 0) is 40.2 Å². The summed E-state index contributed by atoms with van der Waals surface area (Å²) in [5, 5.41) is 4.45. The minimum atomic E-state index is 0.678. The lowest BCUT2D eigenvalue weighted by atomic mass is 10.3. The minimum Gasteiger partial charge on any atom is -0.378 e. The maximum atomic E-state index is 4.53. The summed E-state index contributed by atoms with van der Waals surface area (Å²) < 4.78 is 0.950. The molecule has 3 aromatic rings. The number of nitrogens with zero attached hydrogens (tertiary/aromatic N) is 2. The smallest absolute Gasteiger partial charge is 0.137 e. The van der Waals surface area contributed by atoms with E-state index >= 15 is 0 Å². The summed E-state index contributed by atoms with van der Waals surface area (Å²) in [6, 6.07) is 8.03. The van der Waals surface area contributed by atoms with Crippen LogP contribution in [-0.4, -0.2) is 15.0 Å². The van der Waals surface area contributed by atoms with E-state index in [9.17, 15) is 0 Å². The van der Waals surface area contributed by atoms with E-state index < -0.39 is 0 Å². The summed E-state index contributed by atoms with van der Waals surface area (Å²) in [6.07, 6.45) is 5.42. The molecule has 5 heteroatoms. The number of pyridine rings is 2. The first-order valence-electron chi connectivity index (χ1n) is 5.59. The largest absolute Gasteiger partial charge is 0.378 e. The van der Waals surface area contributed by atoms with Crippen LogP contribution in [0.4, 0.5) is 5.69 Å². The summed E-state index contributed by atoms with van der Waals surface area (Å²) in [6.45, 7) is 0.678. The number of H-pyrrole nitrogens is 1. The molecule has 3 heterocycles. The fourth-order valence-corrected chi connectivity index (χ4v) is 2.16. The van der Waals surface area contributed by atoms with Crippen molar-refractivity contribution in [2.45, 2.75) is 6.54 Å². The second kappa shape index (κ2) is 4.78. The van der Waals surface area contributed by atoms with Gasteiger partial charge in [0, 0.05) is 24.0 Å². The number of aromatic amines is 1. The van der Waals surface area contributed by atoms with Crippen LogP contribution >= 0.6 is 15.9 Å². The first-order valence-corrected chi connectivity index (χ1v) is 6.38. The first-order chi connectivity index (χ1) is 8.83. The van der Waals surface area contributed by atoms with E-state index in [-0.39, 0.29) is 0 Å². The van der Waals surface area contributed by atoms with E-state index in [0.29, 0.717) is 6.54 Å². The molecule has 3 rings (SSSR count). The van der Waals surface area contributed by atoms with Gasteiger partial charge in [-0.2, -0.15) is 0 Å². The van der Waals surface area contributed by atoms with Gasteiger partial charge in [0.1, 0.15) is 5.65 Å². The number of rotatable bonds is 3. The Morgan fingerprint density at radius 3 is 3.06 bits per heavy atom. The van der Waals surface area contributed by atoms with E-state index in [4.69, 9.17) is 0 Å². The van der Waals surface area contributed by atoms with E-state index in [1.54, 1.807) is 12.4 Å². The highest BCUT2D eigenvalue weighted by molar-refractivity contribution is 9.10. The molecule has 0 spiro atoms. The van der Waals surface area contributed by atoms with Gasteiger partial charge in [0.05, 0.1) is 22.4 Å². The molecule has 0 bridgehead atoms. The van der Waals surface area contributed by atoms with Gasteiger partial charge in [-0.25, -0.2) is 4.98 Å². The zero-order chi connectivity index (χ0) is 12.4. The molecule has 0 aliphatic heterocycles. The van der Waals surface area contributed by atoms with Gasteiger partial charge in [0.25, 0.3) is 0 Å². The van der Waals surface area contributed by atoms with E-state index in [2.05, 4.69) is 42.3 Å². The topological polar surface area (TPSA) is 53.6 Å². The summed E-state index contributed by atoms with van der Waals surface area (Å²) in [5.74, 6) is 0. The highest BCUT2D eigenvalue weighted by atomic mass is 79.9. The molecule has 0 fully saturated rings. The Kier molecular flexibility index (Phi) is 2.98. The molecule has 2 N–H and O–H groups in total. The highest BCUT2D eigenvalue weighted by Gasteiger charge is 2.01. The second-order valence-corrected chi connectivity index (χ2v) is 4.78. The van der Waals surface area contributed by atoms with Crippen molar-refractivity contribution in [3.63, 3.8) is 0 Å². The Labute approximate surface area is 113 Å². The van der Waals surface area contributed by atoms with Crippen molar-refractivity contribution in [1.29, 1.82) is 0 Å². The minimum absolute atomic E-state index is 0.678. The SMILES string of the molecule is Brc1cnccc1NCc1ccc2cc[nH]c2n1. The van der Waals surface area contributed by atoms with Crippen molar-refractivity contribution in [3.05, 3.63) is 53.0 Å². The third kappa shape index (κ3) is 2.22. The van der Waals surface area contributed by atoms with Crippen LogP contribution in [0.1, 0.15) is 5.69 Å². The normalized spacial score (nSPS) is 10.7. The Morgan fingerprint density at radius 2 is 2.17 bits per heavy atom. The highest BCUT2D eigenvalue weighted by Crippen LogP contribution is 2.20. The van der Waals surface area contributed by atoms with Gasteiger partial charge < -0.3 is 10.3 Å².